The van der Waals surface area contributed by atoms with Crippen LogP contribution >= 0.6 is 15.9 Å². The predicted octanol–water partition coefficient (Wildman–Crippen LogP) is 3.52. The van der Waals surface area contributed by atoms with Crippen LogP contribution in [-0.4, -0.2) is 17.0 Å². The molecule has 0 spiro atoms. The van der Waals surface area contributed by atoms with Crippen LogP contribution < -0.4 is 5.32 Å². The number of nitrogens with one attached hydrogen (secondary N) is 1. The Balaban J connectivity index is 2.06. The molecular formula is C16H20BrNO3. The van der Waals surface area contributed by atoms with Gasteiger partial charge in [0.15, 0.2) is 0 Å². The number of hydrogen-bond donors (Lipinski definition) is 2. The molecule has 0 saturated heterocycles. The number of carboxylic acids is 1. The molecule has 5 heteroatoms. The van der Waals surface area contributed by atoms with Crippen molar-refractivity contribution in [3.05, 3.63) is 34.3 Å². The summed E-state index contributed by atoms with van der Waals surface area (Å²) in [5.41, 5.74) is 0.994. The lowest BCUT2D eigenvalue weighted by Gasteiger charge is -2.29. The maximum absolute atomic E-state index is 12.4. The minimum Gasteiger partial charge on any atom is -0.481 e. The van der Waals surface area contributed by atoms with E-state index in [0.29, 0.717) is 12.8 Å². The first-order chi connectivity index (χ1) is 10.0. The van der Waals surface area contributed by atoms with Crippen molar-refractivity contribution in [2.45, 2.75) is 38.6 Å². The molecule has 1 saturated carbocycles. The normalized spacial score (nSPS) is 23.3. The highest BCUT2D eigenvalue weighted by Gasteiger charge is 2.36. The molecule has 2 rings (SSSR count). The molecule has 1 unspecified atom stereocenters. The second-order valence-corrected chi connectivity index (χ2v) is 6.44. The second kappa shape index (κ2) is 7.07. The molecule has 21 heavy (non-hydrogen) atoms. The van der Waals surface area contributed by atoms with Gasteiger partial charge in [-0.25, -0.2) is 0 Å². The fourth-order valence-corrected chi connectivity index (χ4v) is 3.59. The molecule has 2 N–H and O–H groups in total. The van der Waals surface area contributed by atoms with Crippen molar-refractivity contribution >= 4 is 27.8 Å². The molecule has 0 heterocycles. The maximum atomic E-state index is 12.4. The average molecular weight is 354 g/mol. The van der Waals surface area contributed by atoms with Crippen molar-refractivity contribution < 1.29 is 14.7 Å². The zero-order chi connectivity index (χ0) is 15.4. The third-order valence-corrected chi connectivity index (χ3v) is 4.87. The number of carboxylic acid groups (broad SMARTS) is 1. The number of amides is 1. The van der Waals surface area contributed by atoms with Crippen molar-refractivity contribution in [1.82, 2.24) is 5.32 Å². The van der Waals surface area contributed by atoms with Crippen LogP contribution in [0.3, 0.4) is 0 Å². The first-order valence-corrected chi connectivity index (χ1v) is 8.07. The molecule has 1 aromatic carbocycles. The Morgan fingerprint density at radius 2 is 1.86 bits per heavy atom. The van der Waals surface area contributed by atoms with Crippen molar-refractivity contribution in [2.75, 3.05) is 0 Å². The van der Waals surface area contributed by atoms with Crippen molar-refractivity contribution in [2.24, 2.45) is 11.8 Å². The number of rotatable bonds is 4. The van der Waals surface area contributed by atoms with Crippen LogP contribution in [0, 0.1) is 11.8 Å². The number of carbonyl (C=O) groups is 2. The fraction of sp³-hybridized carbons (Fsp3) is 0.500. The van der Waals surface area contributed by atoms with Gasteiger partial charge in [-0.1, -0.05) is 47.0 Å². The molecule has 0 bridgehead atoms. The second-order valence-electron chi connectivity index (χ2n) is 5.59. The smallest absolute Gasteiger partial charge is 0.307 e. The van der Waals surface area contributed by atoms with E-state index in [1.165, 1.54) is 0 Å². The van der Waals surface area contributed by atoms with Crippen LogP contribution in [0.15, 0.2) is 28.7 Å². The van der Waals surface area contributed by atoms with Crippen molar-refractivity contribution in [1.29, 1.82) is 0 Å². The molecule has 114 valence electrons. The summed E-state index contributed by atoms with van der Waals surface area (Å²) in [5, 5.41) is 12.2. The van der Waals surface area contributed by atoms with E-state index in [-0.39, 0.29) is 11.9 Å². The summed E-state index contributed by atoms with van der Waals surface area (Å²) in [6.07, 6.45) is 3.06. The van der Waals surface area contributed by atoms with Gasteiger partial charge in [-0.15, -0.1) is 0 Å². The summed E-state index contributed by atoms with van der Waals surface area (Å²) < 4.78 is 0.941. The SMILES string of the molecule is CC(NC(=O)[C@@H]1CCCC[C@@H]1C(=O)O)c1ccccc1Br. The topological polar surface area (TPSA) is 66.4 Å². The van der Waals surface area contributed by atoms with Gasteiger partial charge in [0.1, 0.15) is 0 Å². The van der Waals surface area contributed by atoms with Gasteiger partial charge < -0.3 is 10.4 Å². The van der Waals surface area contributed by atoms with Crippen LogP contribution in [0.2, 0.25) is 0 Å². The molecule has 0 aromatic heterocycles. The van der Waals surface area contributed by atoms with Crippen LogP contribution in [0.1, 0.15) is 44.2 Å². The molecular weight excluding hydrogens is 334 g/mol. The van der Waals surface area contributed by atoms with Crippen LogP contribution in [0.5, 0.6) is 0 Å². The van der Waals surface area contributed by atoms with Crippen LogP contribution in [0.4, 0.5) is 0 Å². The molecule has 0 aliphatic heterocycles. The number of halogens is 1. The highest BCUT2D eigenvalue weighted by atomic mass is 79.9. The lowest BCUT2D eigenvalue weighted by molar-refractivity contribution is -0.149. The zero-order valence-corrected chi connectivity index (χ0v) is 13.6. The Morgan fingerprint density at radius 1 is 1.24 bits per heavy atom. The number of aliphatic carboxylic acids is 1. The van der Waals surface area contributed by atoms with Gasteiger partial charge in [0, 0.05) is 4.47 Å². The van der Waals surface area contributed by atoms with E-state index in [9.17, 15) is 14.7 Å². The standard InChI is InChI=1S/C16H20BrNO3/c1-10(11-6-4-5-9-14(11)17)18-15(19)12-7-2-3-8-13(12)16(20)21/h4-6,9-10,12-13H,2-3,7-8H2,1H3,(H,18,19)(H,20,21)/t10?,12-,13+/m1/s1. The number of benzene rings is 1. The van der Waals surface area contributed by atoms with Gasteiger partial charge in [0.2, 0.25) is 5.91 Å². The van der Waals surface area contributed by atoms with E-state index < -0.39 is 17.8 Å². The highest BCUT2D eigenvalue weighted by molar-refractivity contribution is 9.10. The summed E-state index contributed by atoms with van der Waals surface area (Å²) in [6, 6.07) is 7.57. The van der Waals surface area contributed by atoms with E-state index in [4.69, 9.17) is 0 Å². The Bertz CT molecular complexity index is 532. The van der Waals surface area contributed by atoms with Crippen molar-refractivity contribution in [3.8, 4) is 0 Å². The van der Waals surface area contributed by atoms with Crippen molar-refractivity contribution in [3.63, 3.8) is 0 Å². The van der Waals surface area contributed by atoms with E-state index in [0.717, 1.165) is 22.9 Å². The van der Waals surface area contributed by atoms with E-state index >= 15 is 0 Å². The minimum absolute atomic E-state index is 0.148. The minimum atomic E-state index is -0.858. The Hall–Kier alpha value is -1.36. The molecule has 0 radical (unpaired) electrons. The van der Waals surface area contributed by atoms with Gasteiger partial charge in [-0.05, 0) is 31.4 Å². The monoisotopic (exact) mass is 353 g/mol. The summed E-state index contributed by atoms with van der Waals surface area (Å²) in [5.74, 6) is -1.97. The molecule has 1 aliphatic carbocycles. The Labute approximate surface area is 133 Å². The van der Waals surface area contributed by atoms with Gasteiger partial charge in [-0.3, -0.25) is 9.59 Å². The highest BCUT2D eigenvalue weighted by Crippen LogP contribution is 2.31. The van der Waals surface area contributed by atoms with Gasteiger partial charge in [-0.2, -0.15) is 0 Å². The maximum Gasteiger partial charge on any atom is 0.307 e. The summed E-state index contributed by atoms with van der Waals surface area (Å²) >= 11 is 3.47. The quantitative estimate of drug-likeness (QED) is 0.870. The lowest BCUT2D eigenvalue weighted by atomic mass is 9.78. The van der Waals surface area contributed by atoms with Gasteiger partial charge in [0.05, 0.1) is 17.9 Å². The lowest BCUT2D eigenvalue weighted by Crippen LogP contribution is -2.40. The fourth-order valence-electron chi connectivity index (χ4n) is 2.96. The third-order valence-electron chi connectivity index (χ3n) is 4.15. The first kappa shape index (κ1) is 16.0. The average Bonchev–Trinajstić information content (AvgIpc) is 2.47. The van der Waals surface area contributed by atoms with Gasteiger partial charge in [0.25, 0.3) is 0 Å². The molecule has 1 fully saturated rings. The van der Waals surface area contributed by atoms with E-state index in [1.807, 2.05) is 31.2 Å². The summed E-state index contributed by atoms with van der Waals surface area (Å²) in [6.45, 7) is 1.91. The summed E-state index contributed by atoms with van der Waals surface area (Å²) in [7, 11) is 0. The largest absolute Gasteiger partial charge is 0.481 e. The van der Waals surface area contributed by atoms with E-state index in [2.05, 4.69) is 21.2 Å². The zero-order valence-electron chi connectivity index (χ0n) is 12.0. The number of carbonyl (C=O) groups excluding carboxylic acids is 1. The Morgan fingerprint density at radius 3 is 2.48 bits per heavy atom. The predicted molar refractivity (Wildman–Crippen MR) is 83.8 cm³/mol. The third kappa shape index (κ3) is 3.84. The number of hydrogen-bond acceptors (Lipinski definition) is 2. The van der Waals surface area contributed by atoms with Crippen LogP contribution in [0.25, 0.3) is 0 Å². The van der Waals surface area contributed by atoms with Gasteiger partial charge >= 0.3 is 5.97 Å². The molecule has 4 nitrogen and oxygen atoms in total. The van der Waals surface area contributed by atoms with Crippen LogP contribution in [-0.2, 0) is 9.59 Å². The Kier molecular flexibility index (Phi) is 5.39. The first-order valence-electron chi connectivity index (χ1n) is 7.28. The molecule has 1 amide bonds. The molecule has 1 aromatic rings. The van der Waals surface area contributed by atoms with E-state index in [1.54, 1.807) is 0 Å². The molecule has 3 atom stereocenters. The molecule has 1 aliphatic rings. The summed E-state index contributed by atoms with van der Waals surface area (Å²) in [4.78, 5) is 23.7.